The van der Waals surface area contributed by atoms with E-state index in [1.54, 1.807) is 12.1 Å². The molecule has 0 aliphatic rings. The molecule has 3 aromatic heterocycles. The first-order valence-electron chi connectivity index (χ1n) is 10.3. The van der Waals surface area contributed by atoms with Gasteiger partial charge >= 0.3 is 5.69 Å². The van der Waals surface area contributed by atoms with E-state index >= 15 is 0 Å². The predicted octanol–water partition coefficient (Wildman–Crippen LogP) is 2.04. The number of aryl methyl sites for hydroxylation is 1. The third-order valence-corrected chi connectivity index (χ3v) is 5.95. The molecule has 0 saturated carbocycles. The van der Waals surface area contributed by atoms with Gasteiger partial charge in [-0.25, -0.2) is 9.20 Å². The van der Waals surface area contributed by atoms with Gasteiger partial charge in [-0.05, 0) is 36.5 Å². The summed E-state index contributed by atoms with van der Waals surface area (Å²) in [6, 6.07) is 7.08. The minimum Gasteiger partial charge on any atom is -0.494 e. The van der Waals surface area contributed by atoms with Gasteiger partial charge in [-0.3, -0.25) is 23.3 Å². The van der Waals surface area contributed by atoms with E-state index in [9.17, 15) is 19.5 Å². The van der Waals surface area contributed by atoms with E-state index in [0.29, 0.717) is 23.8 Å². The van der Waals surface area contributed by atoms with Gasteiger partial charge in [0.1, 0.15) is 0 Å². The summed E-state index contributed by atoms with van der Waals surface area (Å²) >= 11 is 5.99. The van der Waals surface area contributed by atoms with Crippen molar-refractivity contribution in [2.75, 3.05) is 0 Å². The van der Waals surface area contributed by atoms with Gasteiger partial charge in [-0.2, -0.15) is 4.98 Å². The third-order valence-electron chi connectivity index (χ3n) is 5.69. The molecule has 0 atom stereocenters. The van der Waals surface area contributed by atoms with Crippen LogP contribution in [0.1, 0.15) is 31.4 Å². The molecule has 0 spiro atoms. The zero-order valence-corrected chi connectivity index (χ0v) is 19.0. The smallest absolute Gasteiger partial charge is 0.332 e. The van der Waals surface area contributed by atoms with Crippen LogP contribution in [0, 0.1) is 5.92 Å². The van der Waals surface area contributed by atoms with Crippen molar-refractivity contribution in [3.05, 3.63) is 71.6 Å². The highest BCUT2D eigenvalue weighted by atomic mass is 35.5. The number of rotatable bonds is 5. The number of hydrogen-bond acceptors (Lipinski definition) is 5. The van der Waals surface area contributed by atoms with Gasteiger partial charge in [0.2, 0.25) is 11.7 Å². The SMILES string of the molecule is CC(C)CCc1c(O)n(Cc2ccc(Cl)cc2)c2nc3c(c(=O)n(C)c(=O)n3C)n2c1=O. The van der Waals surface area contributed by atoms with Crippen LogP contribution in [0.4, 0.5) is 0 Å². The molecule has 0 aliphatic carbocycles. The maximum Gasteiger partial charge on any atom is 0.332 e. The highest BCUT2D eigenvalue weighted by Gasteiger charge is 2.24. The molecule has 9 nitrogen and oxygen atoms in total. The van der Waals surface area contributed by atoms with Crippen molar-refractivity contribution < 1.29 is 5.11 Å². The number of imidazole rings is 1. The van der Waals surface area contributed by atoms with Gasteiger partial charge in [-0.1, -0.05) is 37.6 Å². The summed E-state index contributed by atoms with van der Waals surface area (Å²) in [6.07, 6.45) is 1.02. The second-order valence-corrected chi connectivity index (χ2v) is 8.81. The molecule has 0 saturated heterocycles. The van der Waals surface area contributed by atoms with Crippen LogP contribution in [0.3, 0.4) is 0 Å². The van der Waals surface area contributed by atoms with Crippen molar-refractivity contribution in [2.45, 2.75) is 33.2 Å². The van der Waals surface area contributed by atoms with E-state index in [4.69, 9.17) is 11.6 Å². The summed E-state index contributed by atoms with van der Waals surface area (Å²) in [5.41, 5.74) is -0.568. The predicted molar refractivity (Wildman–Crippen MR) is 123 cm³/mol. The Balaban J connectivity index is 2.12. The second kappa shape index (κ2) is 7.98. The van der Waals surface area contributed by atoms with Crippen LogP contribution in [0.5, 0.6) is 5.88 Å². The van der Waals surface area contributed by atoms with Crippen LogP contribution in [0.2, 0.25) is 5.02 Å². The zero-order valence-electron chi connectivity index (χ0n) is 18.3. The van der Waals surface area contributed by atoms with Crippen LogP contribution in [0.25, 0.3) is 16.9 Å². The number of aromatic hydroxyl groups is 1. The van der Waals surface area contributed by atoms with Crippen LogP contribution in [0.15, 0.2) is 38.6 Å². The molecule has 0 amide bonds. The monoisotopic (exact) mass is 457 g/mol. The van der Waals surface area contributed by atoms with E-state index in [-0.39, 0.29) is 34.9 Å². The van der Waals surface area contributed by atoms with E-state index in [0.717, 1.165) is 10.1 Å². The lowest BCUT2D eigenvalue weighted by Gasteiger charge is -2.15. The summed E-state index contributed by atoms with van der Waals surface area (Å²) in [4.78, 5) is 43.3. The largest absolute Gasteiger partial charge is 0.494 e. The number of aromatic nitrogens is 5. The molecule has 0 radical (unpaired) electrons. The molecule has 1 aromatic carbocycles. The van der Waals surface area contributed by atoms with E-state index < -0.39 is 16.8 Å². The highest BCUT2D eigenvalue weighted by molar-refractivity contribution is 6.30. The first-order chi connectivity index (χ1) is 15.1. The zero-order chi connectivity index (χ0) is 23.3. The molecular weight excluding hydrogens is 434 g/mol. The Labute approximate surface area is 187 Å². The summed E-state index contributed by atoms with van der Waals surface area (Å²) in [6.45, 7) is 4.25. The van der Waals surface area contributed by atoms with Gasteiger partial charge in [0.25, 0.3) is 11.1 Å². The summed E-state index contributed by atoms with van der Waals surface area (Å²) in [7, 11) is 2.85. The average molecular weight is 458 g/mol. The van der Waals surface area contributed by atoms with E-state index in [1.807, 2.05) is 26.0 Å². The van der Waals surface area contributed by atoms with Crippen molar-refractivity contribution in [3.8, 4) is 5.88 Å². The van der Waals surface area contributed by atoms with Gasteiger partial charge in [0.15, 0.2) is 11.2 Å². The summed E-state index contributed by atoms with van der Waals surface area (Å²) in [5.74, 6) is 0.196. The maximum absolute atomic E-state index is 13.4. The summed E-state index contributed by atoms with van der Waals surface area (Å²) in [5, 5.41) is 11.7. The Hall–Kier alpha value is -3.33. The molecule has 0 unspecified atom stereocenters. The molecule has 32 heavy (non-hydrogen) atoms. The van der Waals surface area contributed by atoms with E-state index in [2.05, 4.69) is 4.98 Å². The first kappa shape index (κ1) is 21.9. The molecule has 4 rings (SSSR count). The van der Waals surface area contributed by atoms with Crippen molar-refractivity contribution in [1.82, 2.24) is 23.1 Å². The molecule has 1 N–H and O–H groups in total. The number of nitrogens with zero attached hydrogens (tertiary/aromatic N) is 5. The van der Waals surface area contributed by atoms with Crippen molar-refractivity contribution in [3.63, 3.8) is 0 Å². The Bertz CT molecular complexity index is 1520. The summed E-state index contributed by atoms with van der Waals surface area (Å²) < 4.78 is 4.87. The second-order valence-electron chi connectivity index (χ2n) is 8.38. The first-order valence-corrected chi connectivity index (χ1v) is 10.7. The lowest BCUT2D eigenvalue weighted by Crippen LogP contribution is -2.38. The van der Waals surface area contributed by atoms with Crippen LogP contribution >= 0.6 is 11.6 Å². The standard InChI is InChI=1S/C22H24ClN5O4/c1-12(2)5-10-15-18(29)27(11-13-6-8-14(23)9-7-13)21-24-17-16(28(21)19(15)30)20(31)26(4)22(32)25(17)3/h6-9,12,29H,5,10-11H2,1-4H3. The lowest BCUT2D eigenvalue weighted by atomic mass is 10.0. The van der Waals surface area contributed by atoms with Crippen LogP contribution in [-0.4, -0.2) is 28.2 Å². The van der Waals surface area contributed by atoms with E-state index in [1.165, 1.54) is 27.6 Å². The normalized spacial score (nSPS) is 11.8. The fourth-order valence-electron chi connectivity index (χ4n) is 3.82. The molecule has 0 fully saturated rings. The molecule has 10 heteroatoms. The molecule has 3 heterocycles. The van der Waals surface area contributed by atoms with Crippen molar-refractivity contribution >= 4 is 28.5 Å². The number of halogens is 1. The fourth-order valence-corrected chi connectivity index (χ4v) is 3.94. The Morgan fingerprint density at radius 2 is 1.69 bits per heavy atom. The molecule has 0 aliphatic heterocycles. The minimum atomic E-state index is -0.619. The molecular formula is C22H24ClN5O4. The Morgan fingerprint density at radius 3 is 2.31 bits per heavy atom. The van der Waals surface area contributed by atoms with Crippen molar-refractivity contribution in [2.24, 2.45) is 20.0 Å². The van der Waals surface area contributed by atoms with Gasteiger partial charge in [0, 0.05) is 19.1 Å². The Kier molecular flexibility index (Phi) is 5.46. The molecule has 0 bridgehead atoms. The van der Waals surface area contributed by atoms with Gasteiger partial charge in [0.05, 0.1) is 12.1 Å². The lowest BCUT2D eigenvalue weighted by molar-refractivity contribution is 0.408. The molecule has 4 aromatic rings. The fraction of sp³-hybridized carbons (Fsp3) is 0.364. The minimum absolute atomic E-state index is 0.00486. The van der Waals surface area contributed by atoms with Gasteiger partial charge < -0.3 is 5.11 Å². The number of fused-ring (bicyclic) bond motifs is 3. The Morgan fingerprint density at radius 1 is 1.03 bits per heavy atom. The third kappa shape index (κ3) is 3.42. The van der Waals surface area contributed by atoms with Crippen LogP contribution in [-0.2, 0) is 27.1 Å². The average Bonchev–Trinajstić information content (AvgIpc) is 3.15. The topological polar surface area (TPSA) is 104 Å². The number of hydrogen-bond donors (Lipinski definition) is 1. The maximum atomic E-state index is 13.4. The quantitative estimate of drug-likeness (QED) is 0.494. The van der Waals surface area contributed by atoms with Crippen molar-refractivity contribution in [1.29, 1.82) is 0 Å². The highest BCUT2D eigenvalue weighted by Crippen LogP contribution is 2.23. The van der Waals surface area contributed by atoms with Crippen LogP contribution < -0.4 is 16.8 Å². The molecule has 168 valence electrons. The number of benzene rings is 1. The van der Waals surface area contributed by atoms with Gasteiger partial charge in [-0.15, -0.1) is 0 Å².